The topological polar surface area (TPSA) is 57.5 Å². The third-order valence-electron chi connectivity index (χ3n) is 3.82. The van der Waals surface area contributed by atoms with Gasteiger partial charge in [0.05, 0.1) is 5.39 Å². The number of hydrogen-bond donors (Lipinski definition) is 2. The highest BCUT2D eigenvalue weighted by molar-refractivity contribution is 6.27. The second-order valence-electron chi connectivity index (χ2n) is 4.89. The van der Waals surface area contributed by atoms with Gasteiger partial charge in [0.15, 0.2) is 5.78 Å². The van der Waals surface area contributed by atoms with Gasteiger partial charge in [-0.2, -0.15) is 0 Å². The number of carbonyl (C=O) groups is 1. The summed E-state index contributed by atoms with van der Waals surface area (Å²) < 4.78 is 0. The van der Waals surface area contributed by atoms with E-state index in [1.54, 1.807) is 24.3 Å². The van der Waals surface area contributed by atoms with E-state index in [1.165, 1.54) is 6.07 Å². The minimum Gasteiger partial charge on any atom is -0.507 e. The second-order valence-corrected chi connectivity index (χ2v) is 4.89. The van der Waals surface area contributed by atoms with Crippen LogP contribution in [0.3, 0.4) is 0 Å². The molecule has 1 aliphatic rings. The molecule has 0 bridgehead atoms. The molecule has 3 aromatic rings. The summed E-state index contributed by atoms with van der Waals surface area (Å²) in [6.45, 7) is 0. The fourth-order valence-electron chi connectivity index (χ4n) is 2.93. The maximum Gasteiger partial charge on any atom is 0.194 e. The Bertz CT molecular complexity index is 886. The lowest BCUT2D eigenvalue weighted by Gasteiger charge is -2.20. The van der Waals surface area contributed by atoms with Crippen molar-refractivity contribution in [3.05, 3.63) is 59.7 Å². The number of ketones is 1. The van der Waals surface area contributed by atoms with Gasteiger partial charge in [0, 0.05) is 16.5 Å². The summed E-state index contributed by atoms with van der Waals surface area (Å²) in [4.78, 5) is 12.6. The van der Waals surface area contributed by atoms with Crippen LogP contribution in [-0.4, -0.2) is 16.0 Å². The second kappa shape index (κ2) is 3.61. The number of aromatic hydroxyl groups is 2. The van der Waals surface area contributed by atoms with Gasteiger partial charge in [0.1, 0.15) is 11.5 Å². The van der Waals surface area contributed by atoms with Gasteiger partial charge in [-0.1, -0.05) is 30.3 Å². The summed E-state index contributed by atoms with van der Waals surface area (Å²) in [5.74, 6) is -0.116. The molecule has 0 atom stereocenters. The van der Waals surface area contributed by atoms with Crippen molar-refractivity contribution in [2.24, 2.45) is 0 Å². The summed E-state index contributed by atoms with van der Waals surface area (Å²) in [5.41, 5.74) is 2.86. The maximum atomic E-state index is 12.6. The number of fused-ring (bicyclic) bond motifs is 2. The molecule has 0 radical (unpaired) electrons. The molecule has 0 aromatic heterocycles. The molecular formula is C17H10O3. The molecule has 3 heteroatoms. The Balaban J connectivity index is 2.30. The Hall–Kier alpha value is -2.81. The van der Waals surface area contributed by atoms with Crippen LogP contribution in [0.1, 0.15) is 15.9 Å². The van der Waals surface area contributed by atoms with Crippen molar-refractivity contribution in [1.82, 2.24) is 0 Å². The molecule has 0 saturated carbocycles. The van der Waals surface area contributed by atoms with E-state index in [-0.39, 0.29) is 17.3 Å². The minimum absolute atomic E-state index is 0.0183. The van der Waals surface area contributed by atoms with Crippen LogP contribution in [0.4, 0.5) is 0 Å². The number of phenols is 2. The van der Waals surface area contributed by atoms with Gasteiger partial charge in [0.25, 0.3) is 0 Å². The van der Waals surface area contributed by atoms with Gasteiger partial charge in [-0.05, 0) is 29.3 Å². The van der Waals surface area contributed by atoms with E-state index >= 15 is 0 Å². The number of phenolic OH excluding ortho intramolecular Hbond substituents is 2. The molecule has 3 nitrogen and oxygen atoms in total. The predicted molar refractivity (Wildman–Crippen MR) is 76.1 cm³/mol. The van der Waals surface area contributed by atoms with Crippen LogP contribution in [-0.2, 0) is 0 Å². The molecule has 0 fully saturated rings. The van der Waals surface area contributed by atoms with Crippen molar-refractivity contribution in [3.63, 3.8) is 0 Å². The first-order valence-corrected chi connectivity index (χ1v) is 6.30. The van der Waals surface area contributed by atoms with Crippen molar-refractivity contribution in [2.75, 3.05) is 0 Å². The minimum atomic E-state index is -0.0799. The zero-order valence-electron chi connectivity index (χ0n) is 10.4. The SMILES string of the molecule is O=C1c2ccccc2-c2ccc(O)c3c(O)ccc1c23. The van der Waals surface area contributed by atoms with Gasteiger partial charge in [0.2, 0.25) is 0 Å². The molecule has 0 unspecified atom stereocenters. The number of rotatable bonds is 0. The fourth-order valence-corrected chi connectivity index (χ4v) is 2.93. The van der Waals surface area contributed by atoms with E-state index in [9.17, 15) is 15.0 Å². The van der Waals surface area contributed by atoms with Crippen molar-refractivity contribution < 1.29 is 15.0 Å². The normalized spacial score (nSPS) is 12.5. The first kappa shape index (κ1) is 11.1. The Morgan fingerprint density at radius 1 is 0.600 bits per heavy atom. The Morgan fingerprint density at radius 3 is 1.90 bits per heavy atom. The number of hydrogen-bond acceptors (Lipinski definition) is 3. The Labute approximate surface area is 114 Å². The first-order chi connectivity index (χ1) is 9.68. The predicted octanol–water partition coefficient (Wildman–Crippen LogP) is 3.46. The lowest BCUT2D eigenvalue weighted by atomic mass is 9.82. The number of benzene rings is 3. The Morgan fingerprint density at radius 2 is 1.20 bits per heavy atom. The van der Waals surface area contributed by atoms with Crippen LogP contribution in [0, 0.1) is 0 Å². The lowest BCUT2D eigenvalue weighted by molar-refractivity contribution is 0.104. The van der Waals surface area contributed by atoms with Gasteiger partial charge in [-0.25, -0.2) is 0 Å². The van der Waals surface area contributed by atoms with Crippen molar-refractivity contribution in [3.8, 4) is 22.6 Å². The van der Waals surface area contributed by atoms with Gasteiger partial charge in [-0.3, -0.25) is 4.79 Å². The van der Waals surface area contributed by atoms with E-state index < -0.39 is 0 Å². The molecular weight excluding hydrogens is 252 g/mol. The van der Waals surface area contributed by atoms with E-state index in [2.05, 4.69) is 0 Å². The van der Waals surface area contributed by atoms with E-state index in [0.717, 1.165) is 11.1 Å². The van der Waals surface area contributed by atoms with Gasteiger partial charge >= 0.3 is 0 Å². The molecule has 0 spiro atoms. The van der Waals surface area contributed by atoms with Crippen LogP contribution in [0.15, 0.2) is 48.5 Å². The fraction of sp³-hybridized carbons (Fsp3) is 0. The molecule has 0 heterocycles. The first-order valence-electron chi connectivity index (χ1n) is 6.30. The molecule has 0 aliphatic heterocycles. The highest BCUT2D eigenvalue weighted by atomic mass is 16.3. The maximum absolute atomic E-state index is 12.6. The third kappa shape index (κ3) is 1.21. The quantitative estimate of drug-likeness (QED) is 0.510. The highest BCUT2D eigenvalue weighted by Crippen LogP contribution is 2.45. The van der Waals surface area contributed by atoms with Crippen molar-refractivity contribution >= 4 is 16.6 Å². The van der Waals surface area contributed by atoms with Gasteiger partial charge < -0.3 is 10.2 Å². The van der Waals surface area contributed by atoms with Crippen LogP contribution >= 0.6 is 0 Å². The van der Waals surface area contributed by atoms with Crippen LogP contribution in [0.25, 0.3) is 21.9 Å². The third-order valence-corrected chi connectivity index (χ3v) is 3.82. The molecule has 96 valence electrons. The van der Waals surface area contributed by atoms with E-state index in [4.69, 9.17) is 0 Å². The van der Waals surface area contributed by atoms with Crippen LogP contribution in [0.5, 0.6) is 11.5 Å². The molecule has 4 rings (SSSR count). The zero-order chi connectivity index (χ0) is 13.9. The summed E-state index contributed by atoms with van der Waals surface area (Å²) in [5, 5.41) is 20.9. The average molecular weight is 262 g/mol. The Kier molecular flexibility index (Phi) is 1.99. The van der Waals surface area contributed by atoms with Crippen LogP contribution in [0.2, 0.25) is 0 Å². The largest absolute Gasteiger partial charge is 0.507 e. The highest BCUT2D eigenvalue weighted by Gasteiger charge is 2.26. The summed E-state index contributed by atoms with van der Waals surface area (Å²) in [6.07, 6.45) is 0. The lowest BCUT2D eigenvalue weighted by Crippen LogP contribution is -2.09. The van der Waals surface area contributed by atoms with E-state index in [1.807, 2.05) is 18.2 Å². The summed E-state index contributed by atoms with van der Waals surface area (Å²) in [7, 11) is 0. The zero-order valence-corrected chi connectivity index (χ0v) is 10.4. The molecule has 3 aromatic carbocycles. The monoisotopic (exact) mass is 262 g/mol. The smallest absolute Gasteiger partial charge is 0.194 e. The summed E-state index contributed by atoms with van der Waals surface area (Å²) >= 11 is 0. The standard InChI is InChI=1S/C17H10O3/c18-13-7-5-10-9-3-1-2-4-11(9)17(20)12-6-8-14(19)16(13)15(10)12/h1-8,18-19H. The molecule has 2 N–H and O–H groups in total. The molecule has 20 heavy (non-hydrogen) atoms. The van der Waals surface area contributed by atoms with Crippen molar-refractivity contribution in [2.45, 2.75) is 0 Å². The molecule has 0 saturated heterocycles. The van der Waals surface area contributed by atoms with Gasteiger partial charge in [-0.15, -0.1) is 0 Å². The summed E-state index contributed by atoms with van der Waals surface area (Å²) in [6, 6.07) is 13.8. The number of carbonyl (C=O) groups excluding carboxylic acids is 1. The molecule has 0 amide bonds. The van der Waals surface area contributed by atoms with Crippen LogP contribution < -0.4 is 0 Å². The van der Waals surface area contributed by atoms with E-state index in [0.29, 0.717) is 21.9 Å². The van der Waals surface area contributed by atoms with Crippen molar-refractivity contribution in [1.29, 1.82) is 0 Å². The molecule has 1 aliphatic carbocycles. The average Bonchev–Trinajstić information content (AvgIpc) is 2.47.